The fraction of sp³-hybridized carbons (Fsp3) is 0.500. The second-order valence-electron chi connectivity index (χ2n) is 3.30. The van der Waals surface area contributed by atoms with Crippen molar-refractivity contribution in [3.8, 4) is 0 Å². The lowest BCUT2D eigenvalue weighted by Gasteiger charge is -2.03. The highest BCUT2D eigenvalue weighted by Crippen LogP contribution is 2.08. The van der Waals surface area contributed by atoms with Crippen molar-refractivity contribution < 1.29 is 13.5 Å². The summed E-state index contributed by atoms with van der Waals surface area (Å²) in [5, 5.41) is 8.56. The standard InChI is InChI=1S/C10H14O3S.C2H6/c1-9-3-2-4-10(7-9)8-14(12,13)6-5-11;1-2/h2-4,7,11H,5-6,8H2,1H3;1-2H3. The van der Waals surface area contributed by atoms with Crippen LogP contribution in [0.2, 0.25) is 0 Å². The number of aliphatic hydroxyl groups is 1. The normalized spacial score (nSPS) is 10.5. The Morgan fingerprint density at radius 2 is 1.88 bits per heavy atom. The van der Waals surface area contributed by atoms with Crippen LogP contribution >= 0.6 is 0 Å². The number of rotatable bonds is 4. The monoisotopic (exact) mass is 244 g/mol. The smallest absolute Gasteiger partial charge is 0.156 e. The number of hydrogen-bond donors (Lipinski definition) is 1. The molecule has 1 N–H and O–H groups in total. The van der Waals surface area contributed by atoms with Crippen molar-refractivity contribution in [3.63, 3.8) is 0 Å². The lowest BCUT2D eigenvalue weighted by Crippen LogP contribution is -2.12. The molecule has 1 rings (SSSR count). The van der Waals surface area contributed by atoms with Gasteiger partial charge in [0.2, 0.25) is 0 Å². The van der Waals surface area contributed by atoms with E-state index in [1.165, 1.54) is 0 Å². The lowest BCUT2D eigenvalue weighted by atomic mass is 10.2. The highest BCUT2D eigenvalue weighted by Gasteiger charge is 2.10. The van der Waals surface area contributed by atoms with Crippen molar-refractivity contribution in [2.75, 3.05) is 12.4 Å². The van der Waals surface area contributed by atoms with Crippen LogP contribution in [0, 0.1) is 6.92 Å². The van der Waals surface area contributed by atoms with Gasteiger partial charge in [-0.05, 0) is 12.5 Å². The summed E-state index contributed by atoms with van der Waals surface area (Å²) < 4.78 is 22.7. The number of aliphatic hydroxyl groups excluding tert-OH is 1. The van der Waals surface area contributed by atoms with Gasteiger partial charge in [0, 0.05) is 0 Å². The minimum absolute atomic E-state index is 0.00917. The van der Waals surface area contributed by atoms with Crippen LogP contribution in [0.4, 0.5) is 0 Å². The van der Waals surface area contributed by atoms with Gasteiger partial charge in [0.05, 0.1) is 18.1 Å². The molecular formula is C12H20O3S. The van der Waals surface area contributed by atoms with Gasteiger partial charge in [-0.2, -0.15) is 0 Å². The number of sulfone groups is 1. The van der Waals surface area contributed by atoms with E-state index in [0.29, 0.717) is 0 Å². The van der Waals surface area contributed by atoms with Gasteiger partial charge in [0.25, 0.3) is 0 Å². The molecule has 4 heteroatoms. The maximum atomic E-state index is 11.4. The SMILES string of the molecule is CC.Cc1cccc(CS(=O)(=O)CCO)c1. The first kappa shape index (κ1) is 15.1. The van der Waals surface area contributed by atoms with E-state index in [1.54, 1.807) is 6.07 Å². The zero-order valence-corrected chi connectivity index (χ0v) is 10.9. The van der Waals surface area contributed by atoms with Gasteiger partial charge >= 0.3 is 0 Å². The molecule has 0 radical (unpaired) electrons. The average molecular weight is 244 g/mol. The van der Waals surface area contributed by atoms with Gasteiger partial charge in [0.1, 0.15) is 0 Å². The van der Waals surface area contributed by atoms with Crippen LogP contribution in [0.1, 0.15) is 25.0 Å². The summed E-state index contributed by atoms with van der Waals surface area (Å²) in [6.07, 6.45) is 0. The van der Waals surface area contributed by atoms with Crippen molar-refractivity contribution in [2.24, 2.45) is 0 Å². The number of aryl methyl sites for hydroxylation is 1. The Morgan fingerprint density at radius 3 is 2.38 bits per heavy atom. The van der Waals surface area contributed by atoms with E-state index in [9.17, 15) is 8.42 Å². The predicted molar refractivity (Wildman–Crippen MR) is 67.1 cm³/mol. The van der Waals surface area contributed by atoms with Gasteiger partial charge in [-0.25, -0.2) is 8.42 Å². The van der Waals surface area contributed by atoms with E-state index in [1.807, 2.05) is 39.0 Å². The third-order valence-electron chi connectivity index (χ3n) is 1.87. The van der Waals surface area contributed by atoms with Crippen LogP contribution in [0.15, 0.2) is 24.3 Å². The predicted octanol–water partition coefficient (Wildman–Crippen LogP) is 1.93. The van der Waals surface area contributed by atoms with Crippen molar-refractivity contribution in [1.82, 2.24) is 0 Å². The fourth-order valence-corrected chi connectivity index (χ4v) is 2.38. The van der Waals surface area contributed by atoms with E-state index in [0.717, 1.165) is 11.1 Å². The highest BCUT2D eigenvalue weighted by atomic mass is 32.2. The summed E-state index contributed by atoms with van der Waals surface area (Å²) in [5.74, 6) is -0.157. The van der Waals surface area contributed by atoms with E-state index >= 15 is 0 Å². The van der Waals surface area contributed by atoms with E-state index in [4.69, 9.17) is 5.11 Å². The second kappa shape index (κ2) is 7.41. The molecule has 0 heterocycles. The van der Waals surface area contributed by atoms with Crippen molar-refractivity contribution in [3.05, 3.63) is 35.4 Å². The molecule has 0 saturated heterocycles. The molecule has 0 fully saturated rings. The first-order valence-electron chi connectivity index (χ1n) is 5.40. The molecule has 16 heavy (non-hydrogen) atoms. The fourth-order valence-electron chi connectivity index (χ4n) is 1.27. The molecule has 0 aliphatic carbocycles. The molecule has 0 aliphatic rings. The Morgan fingerprint density at radius 1 is 1.25 bits per heavy atom. The van der Waals surface area contributed by atoms with E-state index in [2.05, 4.69) is 0 Å². The lowest BCUT2D eigenvalue weighted by molar-refractivity contribution is 0.319. The Balaban J connectivity index is 0.00000106. The number of hydrogen-bond acceptors (Lipinski definition) is 3. The summed E-state index contributed by atoms with van der Waals surface area (Å²) in [5.41, 5.74) is 1.82. The largest absolute Gasteiger partial charge is 0.395 e. The van der Waals surface area contributed by atoms with Crippen LogP contribution < -0.4 is 0 Å². The Kier molecular flexibility index (Phi) is 7.01. The van der Waals surface area contributed by atoms with Gasteiger partial charge in [-0.1, -0.05) is 43.7 Å². The zero-order chi connectivity index (χ0) is 12.6. The summed E-state index contributed by atoms with van der Waals surface area (Å²) in [6.45, 7) is 5.61. The molecule has 0 saturated carbocycles. The topological polar surface area (TPSA) is 54.4 Å². The average Bonchev–Trinajstić information content (AvgIpc) is 2.19. The molecule has 92 valence electrons. The molecule has 0 amide bonds. The quantitative estimate of drug-likeness (QED) is 0.880. The summed E-state index contributed by atoms with van der Waals surface area (Å²) >= 11 is 0. The Labute approximate surface area is 98.0 Å². The van der Waals surface area contributed by atoms with Crippen LogP contribution in [-0.4, -0.2) is 25.9 Å². The van der Waals surface area contributed by atoms with Crippen molar-refractivity contribution in [2.45, 2.75) is 26.5 Å². The molecular weight excluding hydrogens is 224 g/mol. The minimum Gasteiger partial charge on any atom is -0.395 e. The molecule has 1 aromatic rings. The first-order chi connectivity index (χ1) is 7.53. The van der Waals surface area contributed by atoms with Crippen LogP contribution in [-0.2, 0) is 15.6 Å². The third kappa shape index (κ3) is 5.88. The van der Waals surface area contributed by atoms with Crippen LogP contribution in [0.25, 0.3) is 0 Å². The molecule has 0 aromatic heterocycles. The van der Waals surface area contributed by atoms with Crippen molar-refractivity contribution in [1.29, 1.82) is 0 Å². The summed E-state index contributed by atoms with van der Waals surface area (Å²) in [6, 6.07) is 7.37. The summed E-state index contributed by atoms with van der Waals surface area (Å²) in [4.78, 5) is 0. The Hall–Kier alpha value is -0.870. The summed E-state index contributed by atoms with van der Waals surface area (Å²) in [7, 11) is -3.15. The van der Waals surface area contributed by atoms with Gasteiger partial charge in [-0.3, -0.25) is 0 Å². The maximum absolute atomic E-state index is 11.4. The second-order valence-corrected chi connectivity index (χ2v) is 5.49. The van der Waals surface area contributed by atoms with Crippen molar-refractivity contribution >= 4 is 9.84 Å². The van der Waals surface area contributed by atoms with Gasteiger partial charge in [0.15, 0.2) is 9.84 Å². The first-order valence-corrected chi connectivity index (χ1v) is 7.22. The Bertz CT molecular complexity index is 396. The van der Waals surface area contributed by atoms with Gasteiger partial charge < -0.3 is 5.11 Å². The number of benzene rings is 1. The molecule has 0 unspecified atom stereocenters. The van der Waals surface area contributed by atoms with Crippen LogP contribution in [0.5, 0.6) is 0 Å². The molecule has 3 nitrogen and oxygen atoms in total. The molecule has 1 aromatic carbocycles. The zero-order valence-electron chi connectivity index (χ0n) is 10.1. The molecule has 0 bridgehead atoms. The molecule has 0 atom stereocenters. The van der Waals surface area contributed by atoms with Crippen LogP contribution in [0.3, 0.4) is 0 Å². The maximum Gasteiger partial charge on any atom is 0.156 e. The molecule has 0 spiro atoms. The minimum atomic E-state index is -3.15. The van der Waals surface area contributed by atoms with Gasteiger partial charge in [-0.15, -0.1) is 0 Å². The third-order valence-corrected chi connectivity index (χ3v) is 3.45. The molecule has 0 aliphatic heterocycles. The highest BCUT2D eigenvalue weighted by molar-refractivity contribution is 7.90. The van der Waals surface area contributed by atoms with E-state index in [-0.39, 0.29) is 18.1 Å². The van der Waals surface area contributed by atoms with E-state index < -0.39 is 9.84 Å².